The Hall–Kier alpha value is -1.55. The maximum Gasteiger partial charge on any atom is 0.243 e. The van der Waals surface area contributed by atoms with E-state index in [2.05, 4.69) is 5.32 Å². The van der Waals surface area contributed by atoms with Crippen LogP contribution >= 0.6 is 11.6 Å². The minimum atomic E-state index is -0.271. The number of carbonyl (C=O) groups excluding carboxylic acids is 2. The van der Waals surface area contributed by atoms with Gasteiger partial charge in [-0.05, 0) is 31.0 Å². The minimum Gasteiger partial charge on any atom is -0.335 e. The van der Waals surface area contributed by atoms with Crippen molar-refractivity contribution >= 4 is 29.1 Å². The average molecular weight is 269 g/mol. The summed E-state index contributed by atoms with van der Waals surface area (Å²) in [6.45, 7) is 3.92. The van der Waals surface area contributed by atoms with Crippen molar-refractivity contribution in [2.24, 2.45) is 0 Å². The summed E-state index contributed by atoms with van der Waals surface area (Å²) in [6.07, 6.45) is 0. The highest BCUT2D eigenvalue weighted by atomic mass is 35.5. The maximum absolute atomic E-state index is 11.8. The molecule has 0 radical (unpaired) electrons. The van der Waals surface area contributed by atoms with Gasteiger partial charge in [0.1, 0.15) is 5.88 Å². The van der Waals surface area contributed by atoms with Gasteiger partial charge in [0.2, 0.25) is 11.8 Å². The van der Waals surface area contributed by atoms with Crippen LogP contribution < -0.4 is 5.32 Å². The van der Waals surface area contributed by atoms with E-state index in [1.165, 1.54) is 4.90 Å². The minimum absolute atomic E-state index is 0.00106. The number of aryl methyl sites for hydroxylation is 1. The molecule has 0 bridgehead atoms. The first-order valence-corrected chi connectivity index (χ1v) is 6.15. The molecular weight excluding hydrogens is 252 g/mol. The number of nitrogens with zero attached hydrogens (tertiary/aromatic N) is 1. The summed E-state index contributed by atoms with van der Waals surface area (Å²) in [6, 6.07) is 5.70. The van der Waals surface area contributed by atoms with Crippen molar-refractivity contribution in [3.8, 4) is 0 Å². The van der Waals surface area contributed by atoms with Crippen LogP contribution in [-0.4, -0.2) is 36.2 Å². The summed E-state index contributed by atoms with van der Waals surface area (Å²) in [7, 11) is 1.55. The Bertz CT molecular complexity index is 460. The van der Waals surface area contributed by atoms with E-state index in [1.807, 2.05) is 32.0 Å². The molecule has 1 aromatic rings. The van der Waals surface area contributed by atoms with Crippen LogP contribution in [0.2, 0.25) is 0 Å². The number of rotatable bonds is 4. The molecule has 0 aliphatic carbocycles. The highest BCUT2D eigenvalue weighted by Crippen LogP contribution is 2.17. The van der Waals surface area contributed by atoms with Crippen LogP contribution in [0.4, 0.5) is 5.69 Å². The number of carbonyl (C=O) groups is 2. The number of hydrogen-bond donors (Lipinski definition) is 1. The molecule has 98 valence electrons. The van der Waals surface area contributed by atoms with Crippen LogP contribution in [0.25, 0.3) is 0 Å². The van der Waals surface area contributed by atoms with Crippen molar-refractivity contribution in [3.05, 3.63) is 29.3 Å². The molecule has 0 aromatic heterocycles. The van der Waals surface area contributed by atoms with Gasteiger partial charge in [0, 0.05) is 12.7 Å². The Labute approximate surface area is 112 Å². The molecule has 2 amide bonds. The Kier molecular flexibility index (Phi) is 5.16. The van der Waals surface area contributed by atoms with Gasteiger partial charge in [-0.2, -0.15) is 0 Å². The van der Waals surface area contributed by atoms with Crippen molar-refractivity contribution in [1.82, 2.24) is 4.90 Å². The van der Waals surface area contributed by atoms with Crippen molar-refractivity contribution in [1.29, 1.82) is 0 Å². The van der Waals surface area contributed by atoms with Gasteiger partial charge in [-0.1, -0.05) is 12.1 Å². The normalized spacial score (nSPS) is 10.0. The molecule has 1 N–H and O–H groups in total. The quantitative estimate of drug-likeness (QED) is 0.849. The van der Waals surface area contributed by atoms with Gasteiger partial charge >= 0.3 is 0 Å². The molecule has 18 heavy (non-hydrogen) atoms. The third-order valence-electron chi connectivity index (χ3n) is 2.80. The largest absolute Gasteiger partial charge is 0.335 e. The summed E-state index contributed by atoms with van der Waals surface area (Å²) in [5, 5.41) is 2.78. The van der Waals surface area contributed by atoms with E-state index in [0.29, 0.717) is 0 Å². The first-order valence-electron chi connectivity index (χ1n) is 5.61. The van der Waals surface area contributed by atoms with Crippen LogP contribution in [0.3, 0.4) is 0 Å². The van der Waals surface area contributed by atoms with Crippen LogP contribution in [0.15, 0.2) is 18.2 Å². The number of anilines is 1. The van der Waals surface area contributed by atoms with Crippen molar-refractivity contribution in [2.75, 3.05) is 24.8 Å². The third kappa shape index (κ3) is 3.74. The van der Waals surface area contributed by atoms with E-state index in [-0.39, 0.29) is 24.2 Å². The molecule has 0 fully saturated rings. The van der Waals surface area contributed by atoms with Gasteiger partial charge in [-0.15, -0.1) is 11.6 Å². The smallest absolute Gasteiger partial charge is 0.243 e. The molecule has 1 aromatic carbocycles. The highest BCUT2D eigenvalue weighted by molar-refractivity contribution is 6.27. The lowest BCUT2D eigenvalue weighted by atomic mass is 10.1. The maximum atomic E-state index is 11.8. The van der Waals surface area contributed by atoms with Crippen molar-refractivity contribution in [2.45, 2.75) is 13.8 Å². The zero-order chi connectivity index (χ0) is 13.7. The van der Waals surface area contributed by atoms with Crippen LogP contribution in [0.1, 0.15) is 11.1 Å². The SMILES string of the molecule is Cc1cccc(NC(=O)CN(C)C(=O)CCl)c1C. The summed E-state index contributed by atoms with van der Waals surface area (Å²) >= 11 is 5.41. The van der Waals surface area contributed by atoms with E-state index in [9.17, 15) is 9.59 Å². The molecule has 5 heteroatoms. The van der Waals surface area contributed by atoms with Gasteiger partial charge in [-0.3, -0.25) is 9.59 Å². The standard InChI is InChI=1S/C13H17ClN2O2/c1-9-5-4-6-11(10(9)2)15-12(17)8-16(3)13(18)7-14/h4-6H,7-8H2,1-3H3,(H,15,17). The first kappa shape index (κ1) is 14.5. The molecule has 0 aliphatic heterocycles. The van der Waals surface area contributed by atoms with Crippen LogP contribution in [-0.2, 0) is 9.59 Å². The number of likely N-dealkylation sites (N-methyl/N-ethyl adjacent to an activating group) is 1. The monoisotopic (exact) mass is 268 g/mol. The number of benzene rings is 1. The fourth-order valence-electron chi connectivity index (χ4n) is 1.48. The van der Waals surface area contributed by atoms with Gasteiger partial charge in [0.25, 0.3) is 0 Å². The topological polar surface area (TPSA) is 49.4 Å². The first-order chi connectivity index (χ1) is 8.45. The second kappa shape index (κ2) is 6.40. The van der Waals surface area contributed by atoms with Crippen molar-refractivity contribution < 1.29 is 9.59 Å². The van der Waals surface area contributed by atoms with Gasteiger partial charge in [-0.25, -0.2) is 0 Å². The van der Waals surface area contributed by atoms with E-state index in [4.69, 9.17) is 11.6 Å². The fraction of sp³-hybridized carbons (Fsp3) is 0.385. The lowest BCUT2D eigenvalue weighted by Crippen LogP contribution is -2.35. The molecule has 0 unspecified atom stereocenters. The average Bonchev–Trinajstić information content (AvgIpc) is 2.33. The van der Waals surface area contributed by atoms with Crippen LogP contribution in [0, 0.1) is 13.8 Å². The third-order valence-corrected chi connectivity index (χ3v) is 3.03. The molecule has 0 heterocycles. The Balaban J connectivity index is 2.65. The molecule has 0 saturated carbocycles. The number of nitrogens with one attached hydrogen (secondary N) is 1. The fourth-order valence-corrected chi connectivity index (χ4v) is 1.69. The number of halogens is 1. The molecule has 0 spiro atoms. The molecule has 0 saturated heterocycles. The van der Waals surface area contributed by atoms with E-state index in [1.54, 1.807) is 7.05 Å². The van der Waals surface area contributed by atoms with Gasteiger partial charge in [0.05, 0.1) is 6.54 Å². The summed E-state index contributed by atoms with van der Waals surface area (Å²) in [5.74, 6) is -0.620. The Morgan fingerprint density at radius 3 is 2.61 bits per heavy atom. The molecule has 1 rings (SSSR count). The van der Waals surface area contributed by atoms with E-state index >= 15 is 0 Å². The molecule has 0 aliphatic rings. The number of alkyl halides is 1. The molecular formula is C13H17ClN2O2. The zero-order valence-electron chi connectivity index (χ0n) is 10.8. The predicted octanol–water partition coefficient (Wildman–Crippen LogP) is 1.94. The number of hydrogen-bond acceptors (Lipinski definition) is 2. The number of amides is 2. The Morgan fingerprint density at radius 1 is 1.33 bits per heavy atom. The van der Waals surface area contributed by atoms with E-state index < -0.39 is 0 Å². The molecule has 0 atom stereocenters. The second-order valence-electron chi connectivity index (χ2n) is 4.18. The highest BCUT2D eigenvalue weighted by Gasteiger charge is 2.12. The lowest BCUT2D eigenvalue weighted by Gasteiger charge is -2.16. The Morgan fingerprint density at radius 2 is 2.00 bits per heavy atom. The van der Waals surface area contributed by atoms with Gasteiger partial charge < -0.3 is 10.2 Å². The predicted molar refractivity (Wildman–Crippen MR) is 72.9 cm³/mol. The summed E-state index contributed by atoms with van der Waals surface area (Å²) in [4.78, 5) is 24.3. The molecule has 4 nitrogen and oxygen atoms in total. The van der Waals surface area contributed by atoms with Crippen LogP contribution in [0.5, 0.6) is 0 Å². The summed E-state index contributed by atoms with van der Waals surface area (Å²) in [5.41, 5.74) is 2.90. The van der Waals surface area contributed by atoms with E-state index in [0.717, 1.165) is 16.8 Å². The van der Waals surface area contributed by atoms with Gasteiger partial charge in [0.15, 0.2) is 0 Å². The zero-order valence-corrected chi connectivity index (χ0v) is 11.5. The summed E-state index contributed by atoms with van der Waals surface area (Å²) < 4.78 is 0. The van der Waals surface area contributed by atoms with Crippen molar-refractivity contribution in [3.63, 3.8) is 0 Å². The second-order valence-corrected chi connectivity index (χ2v) is 4.45. The lowest BCUT2D eigenvalue weighted by molar-refractivity contribution is -0.131.